The van der Waals surface area contributed by atoms with Crippen molar-refractivity contribution >= 4 is 34.5 Å². The summed E-state index contributed by atoms with van der Waals surface area (Å²) >= 11 is 0. The number of rotatable bonds is 8. The Morgan fingerprint density at radius 2 is 1.96 bits per heavy atom. The number of tetrazole rings is 1. The van der Waals surface area contributed by atoms with Crippen LogP contribution in [0.3, 0.4) is 0 Å². The number of fused-ring (bicyclic) bond motifs is 2. The van der Waals surface area contributed by atoms with E-state index in [9.17, 15) is 23.6 Å². The summed E-state index contributed by atoms with van der Waals surface area (Å²) in [5.74, 6) is -1.20. The first kappa shape index (κ1) is 27.5. The van der Waals surface area contributed by atoms with Crippen LogP contribution in [-0.4, -0.2) is 46.8 Å². The third-order valence-electron chi connectivity index (χ3n) is 7.67. The van der Waals surface area contributed by atoms with Crippen molar-refractivity contribution in [1.82, 2.24) is 45.6 Å². The number of carbonyl (C=O) groups excluding carboxylic acids is 2. The predicted octanol–water partition coefficient (Wildman–Crippen LogP) is 1.32. The zero-order chi connectivity index (χ0) is 31.2. The summed E-state index contributed by atoms with van der Waals surface area (Å²) in [6, 6.07) is 10.9. The summed E-state index contributed by atoms with van der Waals surface area (Å²) in [4.78, 5) is 58.3. The lowest BCUT2D eigenvalue weighted by Gasteiger charge is -2.15. The molecule has 2 amide bonds. The van der Waals surface area contributed by atoms with Gasteiger partial charge in [-0.1, -0.05) is 18.2 Å². The Balaban J connectivity index is 1.07. The van der Waals surface area contributed by atoms with Crippen LogP contribution in [0.2, 0.25) is 0 Å². The van der Waals surface area contributed by atoms with Gasteiger partial charge in [0.05, 0.1) is 17.9 Å². The number of aryl methyl sites for hydroxylation is 1. The molecule has 0 saturated carbocycles. The monoisotopic (exact) mass is 607 g/mol. The molecule has 0 bridgehead atoms. The van der Waals surface area contributed by atoms with E-state index in [4.69, 9.17) is 5.73 Å². The molecule has 0 fully saturated rings. The van der Waals surface area contributed by atoms with Crippen LogP contribution in [0.1, 0.15) is 50.1 Å². The molecule has 3 heterocycles. The van der Waals surface area contributed by atoms with Gasteiger partial charge in [-0.25, -0.2) is 14.4 Å². The van der Waals surface area contributed by atoms with Crippen LogP contribution in [0.15, 0.2) is 64.6 Å². The lowest BCUT2D eigenvalue weighted by Crippen LogP contribution is -2.36. The summed E-state index contributed by atoms with van der Waals surface area (Å²) in [5, 5.41) is 22.4. The summed E-state index contributed by atoms with van der Waals surface area (Å²) in [7, 11) is 0. The quantitative estimate of drug-likeness (QED) is 0.156. The molecule has 224 valence electrons. The van der Waals surface area contributed by atoms with Gasteiger partial charge in [-0.2, -0.15) is 5.21 Å². The van der Waals surface area contributed by atoms with Crippen molar-refractivity contribution in [2.45, 2.75) is 25.4 Å². The van der Waals surface area contributed by atoms with Gasteiger partial charge in [0.1, 0.15) is 34.9 Å². The summed E-state index contributed by atoms with van der Waals surface area (Å²) < 4.78 is 15.8. The molecule has 3 aromatic heterocycles. The van der Waals surface area contributed by atoms with Crippen molar-refractivity contribution in [3.8, 4) is 11.4 Å². The number of nitrogen functional groups attached to an aromatic ring is 1. The first-order chi connectivity index (χ1) is 21.8. The van der Waals surface area contributed by atoms with Crippen LogP contribution in [0.5, 0.6) is 0 Å². The maximum atomic E-state index is 14.4. The predicted molar refractivity (Wildman–Crippen MR) is 158 cm³/mol. The number of anilines is 3. The standard InChI is InChI=1S/C29H22FN11O4/c30-17-5-1-13(7-19(17)35-24-23(31)25(42)26(24)43)10-33-29(45)21-9-20(34-22-11-32-12-41(21)22)28(44)36-18-6-3-14-8-15(2-4-16(14)18)27-37-39-40-38-27/h1-2,4-5,7-9,11-12,18,35H,3,6,10,31H2,(H,33,45)(H,36,44)(H,37,38,39,40)/t18-/m0/s1. The van der Waals surface area contributed by atoms with Gasteiger partial charge < -0.3 is 21.7 Å². The van der Waals surface area contributed by atoms with Crippen LogP contribution < -0.4 is 32.5 Å². The van der Waals surface area contributed by atoms with E-state index in [1.54, 1.807) is 0 Å². The molecule has 6 N–H and O–H groups in total. The average Bonchev–Trinajstić information content (AvgIpc) is 3.84. The lowest BCUT2D eigenvalue weighted by molar-refractivity contribution is 0.0931. The normalized spacial score (nSPS) is 14.0. The Morgan fingerprint density at radius 3 is 2.76 bits per heavy atom. The molecule has 16 heteroatoms. The van der Waals surface area contributed by atoms with E-state index in [0.29, 0.717) is 23.5 Å². The number of carbonyl (C=O) groups is 2. The highest BCUT2D eigenvalue weighted by atomic mass is 19.1. The molecule has 1 aliphatic rings. The molecule has 3 aromatic carbocycles. The topological polar surface area (TPSA) is 215 Å². The Kier molecular flexibility index (Phi) is 6.57. The van der Waals surface area contributed by atoms with Crippen molar-refractivity contribution in [3.05, 3.63) is 109 Å². The Bertz CT molecular complexity index is 2200. The molecule has 0 unspecified atom stereocenters. The van der Waals surface area contributed by atoms with Gasteiger partial charge in [0.25, 0.3) is 22.7 Å². The number of aromatic nitrogens is 7. The Morgan fingerprint density at radius 1 is 1.09 bits per heavy atom. The third-order valence-corrected chi connectivity index (χ3v) is 7.67. The number of nitrogens with one attached hydrogen (secondary N) is 4. The molecule has 1 atom stereocenters. The second-order valence-corrected chi connectivity index (χ2v) is 10.4. The molecular weight excluding hydrogens is 585 g/mol. The Labute approximate surface area is 251 Å². The largest absolute Gasteiger partial charge is 0.394 e. The fourth-order valence-electron chi connectivity index (χ4n) is 5.34. The molecule has 6 aromatic rings. The highest BCUT2D eigenvalue weighted by molar-refractivity contribution is 5.98. The summed E-state index contributed by atoms with van der Waals surface area (Å²) in [6.07, 6.45) is 4.27. The van der Waals surface area contributed by atoms with E-state index in [0.717, 1.165) is 29.2 Å². The molecule has 15 nitrogen and oxygen atoms in total. The van der Waals surface area contributed by atoms with Crippen molar-refractivity contribution in [2.75, 3.05) is 11.1 Å². The maximum absolute atomic E-state index is 14.4. The number of nitrogens with two attached hydrogens (primary N) is 1. The molecular formula is C29H22FN11O4. The number of amides is 2. The number of hydrogen-bond acceptors (Lipinski definition) is 11. The molecule has 7 rings (SSSR count). The molecule has 0 aliphatic heterocycles. The first-order valence-corrected chi connectivity index (χ1v) is 13.7. The van der Waals surface area contributed by atoms with Gasteiger partial charge in [-0.15, -0.1) is 10.2 Å². The number of benzene rings is 2. The van der Waals surface area contributed by atoms with Gasteiger partial charge in [-0.3, -0.25) is 23.6 Å². The van der Waals surface area contributed by atoms with Gasteiger partial charge in [0.15, 0.2) is 5.65 Å². The van der Waals surface area contributed by atoms with Crippen molar-refractivity contribution in [1.29, 1.82) is 0 Å². The SMILES string of the molecule is Nc1c(Nc2cc(CNC(=O)c3cc(C(=O)N[C@H]4CCc5cc(-c6nn[nH]n6)ccc54)nc4cncn34)ccc2F)c(=O)c1=O. The number of H-pyrrole nitrogens is 1. The van der Waals surface area contributed by atoms with Crippen molar-refractivity contribution < 1.29 is 14.0 Å². The van der Waals surface area contributed by atoms with Crippen LogP contribution in [0.4, 0.5) is 21.5 Å². The van der Waals surface area contributed by atoms with E-state index in [1.807, 2.05) is 18.2 Å². The zero-order valence-electron chi connectivity index (χ0n) is 23.2. The average molecular weight is 608 g/mol. The second kappa shape index (κ2) is 10.7. The van der Waals surface area contributed by atoms with E-state index in [2.05, 4.69) is 46.5 Å². The number of imidazole rings is 1. The molecule has 1 aliphatic carbocycles. The summed E-state index contributed by atoms with van der Waals surface area (Å²) in [6.45, 7) is -0.0278. The fourth-order valence-corrected chi connectivity index (χ4v) is 5.34. The van der Waals surface area contributed by atoms with Gasteiger partial charge >= 0.3 is 0 Å². The highest BCUT2D eigenvalue weighted by Crippen LogP contribution is 2.33. The third kappa shape index (κ3) is 4.93. The lowest BCUT2D eigenvalue weighted by atomic mass is 10.0. The minimum absolute atomic E-state index is 0.0278. The van der Waals surface area contributed by atoms with Crippen molar-refractivity contribution in [3.63, 3.8) is 0 Å². The van der Waals surface area contributed by atoms with Gasteiger partial charge in [0, 0.05) is 12.1 Å². The molecule has 0 radical (unpaired) electrons. The minimum Gasteiger partial charge on any atom is -0.394 e. The highest BCUT2D eigenvalue weighted by Gasteiger charge is 2.27. The smallest absolute Gasteiger partial charge is 0.270 e. The molecule has 45 heavy (non-hydrogen) atoms. The van der Waals surface area contributed by atoms with Crippen LogP contribution >= 0.6 is 0 Å². The Hall–Kier alpha value is -6.32. The minimum atomic E-state index is -0.834. The summed E-state index contributed by atoms with van der Waals surface area (Å²) in [5.41, 5.74) is 7.11. The van der Waals surface area contributed by atoms with E-state index in [-0.39, 0.29) is 41.0 Å². The van der Waals surface area contributed by atoms with Crippen LogP contribution in [0.25, 0.3) is 17.0 Å². The van der Waals surface area contributed by atoms with Crippen LogP contribution in [-0.2, 0) is 13.0 Å². The zero-order valence-corrected chi connectivity index (χ0v) is 23.2. The molecule has 0 spiro atoms. The number of aromatic amines is 1. The van der Waals surface area contributed by atoms with E-state index >= 15 is 0 Å². The van der Waals surface area contributed by atoms with E-state index < -0.39 is 28.5 Å². The molecule has 0 saturated heterocycles. The maximum Gasteiger partial charge on any atom is 0.270 e. The first-order valence-electron chi connectivity index (χ1n) is 13.7. The van der Waals surface area contributed by atoms with Gasteiger partial charge in [-0.05, 0) is 59.0 Å². The number of hydrogen-bond donors (Lipinski definition) is 5. The van der Waals surface area contributed by atoms with Gasteiger partial charge in [0.2, 0.25) is 5.82 Å². The second-order valence-electron chi connectivity index (χ2n) is 10.4. The van der Waals surface area contributed by atoms with Crippen LogP contribution in [0, 0.1) is 5.82 Å². The van der Waals surface area contributed by atoms with E-state index in [1.165, 1.54) is 35.1 Å². The number of nitrogens with zero attached hydrogens (tertiary/aromatic N) is 6. The number of halogens is 1. The van der Waals surface area contributed by atoms with Crippen molar-refractivity contribution in [2.24, 2.45) is 0 Å². The fraction of sp³-hybridized carbons (Fsp3) is 0.138.